The van der Waals surface area contributed by atoms with Gasteiger partial charge in [0, 0.05) is 32.7 Å². The van der Waals surface area contributed by atoms with E-state index in [2.05, 4.69) is 25.7 Å². The molecule has 0 amide bonds. The Morgan fingerprint density at radius 1 is 1.21 bits per heavy atom. The van der Waals surface area contributed by atoms with Crippen LogP contribution in [0.3, 0.4) is 0 Å². The molecule has 3 aliphatic heterocycles. The number of aliphatic hydroxyl groups is 1. The van der Waals surface area contributed by atoms with Crippen molar-refractivity contribution < 1.29 is 13.9 Å². The molecule has 3 saturated heterocycles. The van der Waals surface area contributed by atoms with E-state index in [0.717, 1.165) is 26.2 Å². The van der Waals surface area contributed by atoms with Gasteiger partial charge in [-0.15, -0.1) is 0 Å². The third-order valence-corrected chi connectivity index (χ3v) is 4.67. The maximum absolute atomic E-state index is 14.0. The van der Waals surface area contributed by atoms with Crippen LogP contribution in [-0.4, -0.2) is 53.7 Å². The maximum Gasteiger partial charge on any atom is 0.146 e. The standard InChI is InChI=1S/C13H15BrF2N2O/c14-8-1-2-9(15)11(12(8)16)13(19)10-7-17-3-5-18(10)6-4-17/h1-2,10,13,19H,3-7H2. The van der Waals surface area contributed by atoms with E-state index in [0.29, 0.717) is 6.54 Å². The minimum atomic E-state index is -1.14. The van der Waals surface area contributed by atoms with Crippen LogP contribution >= 0.6 is 15.9 Å². The predicted molar refractivity (Wildman–Crippen MR) is 70.8 cm³/mol. The molecule has 3 heterocycles. The van der Waals surface area contributed by atoms with Crippen LogP contribution in [0.2, 0.25) is 0 Å². The highest BCUT2D eigenvalue weighted by atomic mass is 79.9. The molecule has 4 rings (SSSR count). The molecule has 3 fully saturated rings. The lowest BCUT2D eigenvalue weighted by atomic mass is 9.96. The number of aliphatic hydroxyl groups excluding tert-OH is 1. The van der Waals surface area contributed by atoms with Gasteiger partial charge >= 0.3 is 0 Å². The van der Waals surface area contributed by atoms with Crippen LogP contribution < -0.4 is 0 Å². The van der Waals surface area contributed by atoms with E-state index in [4.69, 9.17) is 0 Å². The van der Waals surface area contributed by atoms with Crippen LogP contribution in [0.25, 0.3) is 0 Å². The summed E-state index contributed by atoms with van der Waals surface area (Å²) in [6, 6.07) is 2.26. The number of hydrogen-bond donors (Lipinski definition) is 1. The molecule has 3 nitrogen and oxygen atoms in total. The fourth-order valence-electron chi connectivity index (χ4n) is 2.96. The Morgan fingerprint density at radius 3 is 2.47 bits per heavy atom. The van der Waals surface area contributed by atoms with Gasteiger partial charge in [0.15, 0.2) is 0 Å². The third kappa shape index (κ3) is 2.31. The van der Waals surface area contributed by atoms with Crippen molar-refractivity contribution in [2.45, 2.75) is 12.1 Å². The topological polar surface area (TPSA) is 26.7 Å². The average molecular weight is 333 g/mol. The van der Waals surface area contributed by atoms with Gasteiger partial charge in [-0.1, -0.05) is 0 Å². The van der Waals surface area contributed by atoms with Gasteiger partial charge in [-0.05, 0) is 28.1 Å². The van der Waals surface area contributed by atoms with Gasteiger partial charge in [0.05, 0.1) is 16.1 Å². The number of piperazine rings is 3. The number of fused-ring (bicyclic) bond motifs is 3. The van der Waals surface area contributed by atoms with Crippen LogP contribution in [0.1, 0.15) is 11.7 Å². The summed E-state index contributed by atoms with van der Waals surface area (Å²) in [6.45, 7) is 4.28. The molecule has 3 aliphatic rings. The fraction of sp³-hybridized carbons (Fsp3) is 0.538. The number of rotatable bonds is 2. The van der Waals surface area contributed by atoms with Crippen molar-refractivity contribution >= 4 is 15.9 Å². The highest BCUT2D eigenvalue weighted by Gasteiger charge is 2.38. The lowest BCUT2D eigenvalue weighted by molar-refractivity contribution is -0.0490. The van der Waals surface area contributed by atoms with Crippen molar-refractivity contribution in [3.05, 3.63) is 33.8 Å². The summed E-state index contributed by atoms with van der Waals surface area (Å²) in [5.74, 6) is -1.39. The van der Waals surface area contributed by atoms with Crippen LogP contribution in [0, 0.1) is 11.6 Å². The average Bonchev–Trinajstić information content (AvgIpc) is 2.44. The number of benzene rings is 1. The Hall–Kier alpha value is -0.560. The zero-order valence-corrected chi connectivity index (χ0v) is 11.9. The predicted octanol–water partition coefficient (Wildman–Crippen LogP) is 1.76. The van der Waals surface area contributed by atoms with Gasteiger partial charge in [-0.25, -0.2) is 8.78 Å². The second-order valence-electron chi connectivity index (χ2n) is 5.11. The summed E-state index contributed by atoms with van der Waals surface area (Å²) in [7, 11) is 0. The Balaban J connectivity index is 1.92. The number of hydrogen-bond acceptors (Lipinski definition) is 3. The summed E-state index contributed by atoms with van der Waals surface area (Å²) in [5, 5.41) is 10.4. The molecule has 6 heteroatoms. The molecule has 2 atom stereocenters. The third-order valence-electron chi connectivity index (χ3n) is 4.06. The van der Waals surface area contributed by atoms with Crippen LogP contribution in [0.15, 0.2) is 16.6 Å². The molecule has 0 aliphatic carbocycles. The van der Waals surface area contributed by atoms with Crippen molar-refractivity contribution in [1.29, 1.82) is 0 Å². The van der Waals surface area contributed by atoms with Crippen molar-refractivity contribution in [2.24, 2.45) is 0 Å². The molecule has 104 valence electrons. The van der Waals surface area contributed by atoms with Gasteiger partial charge in [0.1, 0.15) is 17.7 Å². The second-order valence-corrected chi connectivity index (χ2v) is 5.96. The number of halogens is 3. The first-order valence-electron chi connectivity index (χ1n) is 6.36. The fourth-order valence-corrected chi connectivity index (χ4v) is 3.31. The van der Waals surface area contributed by atoms with E-state index < -0.39 is 17.7 Å². The number of nitrogens with zero attached hydrogens (tertiary/aromatic N) is 2. The highest BCUT2D eigenvalue weighted by Crippen LogP contribution is 2.32. The van der Waals surface area contributed by atoms with Gasteiger partial charge in [-0.2, -0.15) is 0 Å². The zero-order chi connectivity index (χ0) is 13.6. The molecule has 0 spiro atoms. The normalized spacial score (nSPS) is 31.5. The van der Waals surface area contributed by atoms with Crippen molar-refractivity contribution in [2.75, 3.05) is 32.7 Å². The van der Waals surface area contributed by atoms with E-state index in [-0.39, 0.29) is 16.1 Å². The van der Waals surface area contributed by atoms with Crippen LogP contribution in [0.5, 0.6) is 0 Å². The van der Waals surface area contributed by atoms with Gasteiger partial charge in [0.2, 0.25) is 0 Å². The Morgan fingerprint density at radius 2 is 1.89 bits per heavy atom. The van der Waals surface area contributed by atoms with E-state index >= 15 is 0 Å². The Bertz CT molecular complexity index is 492. The monoisotopic (exact) mass is 332 g/mol. The van der Waals surface area contributed by atoms with E-state index in [1.54, 1.807) is 0 Å². The minimum absolute atomic E-state index is 0.180. The van der Waals surface area contributed by atoms with Gasteiger partial charge in [-0.3, -0.25) is 9.80 Å². The van der Waals surface area contributed by atoms with Crippen LogP contribution in [-0.2, 0) is 0 Å². The summed E-state index contributed by atoms with van der Waals surface area (Å²) in [5.41, 5.74) is -0.229. The SMILES string of the molecule is OC(c1c(F)ccc(Br)c1F)C1CN2CCN1CC2. The largest absolute Gasteiger partial charge is 0.386 e. The summed E-state index contributed by atoms with van der Waals surface area (Å²) >= 11 is 3.04. The summed E-state index contributed by atoms with van der Waals surface area (Å²) in [6.07, 6.45) is -1.14. The zero-order valence-electron chi connectivity index (χ0n) is 10.3. The lowest BCUT2D eigenvalue weighted by Gasteiger charge is -2.49. The molecule has 1 aromatic rings. The molecular weight excluding hydrogens is 318 g/mol. The molecule has 0 saturated carbocycles. The van der Waals surface area contributed by atoms with Crippen molar-refractivity contribution in [3.8, 4) is 0 Å². The highest BCUT2D eigenvalue weighted by molar-refractivity contribution is 9.10. The maximum atomic E-state index is 14.0. The first kappa shape index (κ1) is 13.4. The van der Waals surface area contributed by atoms with Crippen LogP contribution in [0.4, 0.5) is 8.78 Å². The van der Waals surface area contributed by atoms with Crippen molar-refractivity contribution in [1.82, 2.24) is 9.80 Å². The second kappa shape index (κ2) is 5.09. The Kier molecular flexibility index (Phi) is 3.59. The molecule has 19 heavy (non-hydrogen) atoms. The molecule has 1 aromatic carbocycles. The van der Waals surface area contributed by atoms with Gasteiger partial charge < -0.3 is 5.11 Å². The molecule has 2 bridgehead atoms. The van der Waals surface area contributed by atoms with Crippen molar-refractivity contribution in [3.63, 3.8) is 0 Å². The van der Waals surface area contributed by atoms with E-state index in [9.17, 15) is 13.9 Å². The van der Waals surface area contributed by atoms with E-state index in [1.165, 1.54) is 12.1 Å². The molecule has 1 N–H and O–H groups in total. The quantitative estimate of drug-likeness (QED) is 0.836. The molecule has 0 aromatic heterocycles. The Labute approximate surface area is 118 Å². The summed E-state index contributed by atoms with van der Waals surface area (Å²) < 4.78 is 28.0. The summed E-state index contributed by atoms with van der Waals surface area (Å²) in [4.78, 5) is 4.34. The molecular formula is C13H15BrF2N2O. The lowest BCUT2D eigenvalue weighted by Crippen LogP contribution is -2.62. The molecule has 2 unspecified atom stereocenters. The first-order valence-corrected chi connectivity index (χ1v) is 7.15. The minimum Gasteiger partial charge on any atom is -0.386 e. The molecule has 0 radical (unpaired) electrons. The first-order chi connectivity index (χ1) is 9.08. The van der Waals surface area contributed by atoms with E-state index in [1.807, 2.05) is 0 Å². The smallest absolute Gasteiger partial charge is 0.146 e. The van der Waals surface area contributed by atoms with Gasteiger partial charge in [0.25, 0.3) is 0 Å².